The SMILES string of the molecule is Cc1oc(C)c(C(O)c2cc3c(cc2Cl)NC(=O)C3)c1C. The average Bonchev–Trinajstić information content (AvgIpc) is 2.87. The summed E-state index contributed by atoms with van der Waals surface area (Å²) in [5.74, 6) is 1.41. The van der Waals surface area contributed by atoms with Gasteiger partial charge in [0.15, 0.2) is 0 Å². The molecule has 4 nitrogen and oxygen atoms in total. The maximum atomic E-state index is 11.4. The van der Waals surface area contributed by atoms with E-state index >= 15 is 0 Å². The fourth-order valence-corrected chi connectivity index (χ4v) is 3.11. The third-order valence-corrected chi connectivity index (χ3v) is 4.36. The van der Waals surface area contributed by atoms with Crippen LogP contribution in [0.15, 0.2) is 16.5 Å². The average molecular weight is 306 g/mol. The molecule has 1 amide bonds. The Morgan fingerprint density at radius 3 is 2.62 bits per heavy atom. The molecule has 0 fully saturated rings. The van der Waals surface area contributed by atoms with E-state index < -0.39 is 6.10 Å². The van der Waals surface area contributed by atoms with Crippen LogP contribution in [-0.4, -0.2) is 11.0 Å². The van der Waals surface area contributed by atoms with Crippen molar-refractivity contribution in [3.05, 3.63) is 50.9 Å². The molecule has 0 saturated heterocycles. The second-order valence-corrected chi connectivity index (χ2v) is 5.82. The zero-order valence-electron chi connectivity index (χ0n) is 12.1. The van der Waals surface area contributed by atoms with Crippen LogP contribution in [0.4, 0.5) is 5.69 Å². The van der Waals surface area contributed by atoms with Crippen LogP contribution in [0.5, 0.6) is 0 Å². The number of nitrogens with one attached hydrogen (secondary N) is 1. The Labute approximate surface area is 127 Å². The Morgan fingerprint density at radius 2 is 2.00 bits per heavy atom. The lowest BCUT2D eigenvalue weighted by Crippen LogP contribution is -2.04. The lowest BCUT2D eigenvalue weighted by molar-refractivity contribution is -0.115. The predicted molar refractivity (Wildman–Crippen MR) is 80.8 cm³/mol. The van der Waals surface area contributed by atoms with Gasteiger partial charge in [-0.25, -0.2) is 0 Å². The van der Waals surface area contributed by atoms with Crippen LogP contribution < -0.4 is 5.32 Å². The van der Waals surface area contributed by atoms with E-state index in [1.807, 2.05) is 20.8 Å². The summed E-state index contributed by atoms with van der Waals surface area (Å²) >= 11 is 6.27. The van der Waals surface area contributed by atoms with Gasteiger partial charge in [-0.05, 0) is 44.0 Å². The van der Waals surface area contributed by atoms with Crippen molar-refractivity contribution in [1.29, 1.82) is 0 Å². The van der Waals surface area contributed by atoms with E-state index in [-0.39, 0.29) is 5.91 Å². The van der Waals surface area contributed by atoms with Gasteiger partial charge in [-0.3, -0.25) is 4.79 Å². The van der Waals surface area contributed by atoms with Crippen molar-refractivity contribution >= 4 is 23.2 Å². The van der Waals surface area contributed by atoms with E-state index in [1.54, 1.807) is 12.1 Å². The van der Waals surface area contributed by atoms with Crippen molar-refractivity contribution < 1.29 is 14.3 Å². The number of anilines is 1. The van der Waals surface area contributed by atoms with Gasteiger partial charge in [0.2, 0.25) is 5.91 Å². The number of amides is 1. The maximum absolute atomic E-state index is 11.4. The highest BCUT2D eigenvalue weighted by molar-refractivity contribution is 6.32. The number of hydrogen-bond acceptors (Lipinski definition) is 3. The summed E-state index contributed by atoms with van der Waals surface area (Å²) in [6.45, 7) is 5.60. The zero-order valence-corrected chi connectivity index (χ0v) is 12.8. The number of aliphatic hydroxyl groups excluding tert-OH is 1. The molecule has 0 aliphatic carbocycles. The third kappa shape index (κ3) is 2.24. The number of halogens is 1. The topological polar surface area (TPSA) is 62.5 Å². The van der Waals surface area contributed by atoms with Crippen molar-refractivity contribution in [2.45, 2.75) is 33.3 Å². The number of benzene rings is 1. The van der Waals surface area contributed by atoms with Crippen molar-refractivity contribution in [2.24, 2.45) is 0 Å². The summed E-state index contributed by atoms with van der Waals surface area (Å²) in [6.07, 6.45) is -0.551. The number of carbonyl (C=O) groups is 1. The minimum absolute atomic E-state index is 0.0563. The van der Waals surface area contributed by atoms with Gasteiger partial charge in [-0.15, -0.1) is 0 Å². The standard InChI is InChI=1S/C16H16ClNO3/c1-7-8(2)21-9(3)15(7)16(20)11-4-10-5-14(19)18-13(10)6-12(11)17/h4,6,16,20H,5H2,1-3H3,(H,18,19). The molecule has 1 aliphatic rings. The van der Waals surface area contributed by atoms with Crippen LogP contribution in [0.1, 0.15) is 39.9 Å². The first-order chi connectivity index (χ1) is 9.88. The molecular weight excluding hydrogens is 290 g/mol. The molecule has 3 rings (SSSR count). The van der Waals surface area contributed by atoms with E-state index in [0.717, 1.165) is 28.1 Å². The molecule has 2 heterocycles. The van der Waals surface area contributed by atoms with Gasteiger partial charge >= 0.3 is 0 Å². The molecule has 21 heavy (non-hydrogen) atoms. The summed E-state index contributed by atoms with van der Waals surface area (Å²) in [5.41, 5.74) is 3.84. The predicted octanol–water partition coefficient (Wildman–Crippen LogP) is 3.43. The van der Waals surface area contributed by atoms with Crippen molar-refractivity contribution in [3.8, 4) is 0 Å². The fraction of sp³-hybridized carbons (Fsp3) is 0.312. The molecule has 2 aromatic rings. The highest BCUT2D eigenvalue weighted by Gasteiger charge is 2.26. The highest BCUT2D eigenvalue weighted by atomic mass is 35.5. The summed E-state index contributed by atoms with van der Waals surface area (Å²) in [6, 6.07) is 3.49. The summed E-state index contributed by atoms with van der Waals surface area (Å²) in [7, 11) is 0. The van der Waals surface area contributed by atoms with Gasteiger partial charge in [0, 0.05) is 21.8 Å². The Bertz CT molecular complexity index is 748. The number of rotatable bonds is 2. The van der Waals surface area contributed by atoms with E-state index in [9.17, 15) is 9.90 Å². The van der Waals surface area contributed by atoms with Gasteiger partial charge in [0.05, 0.1) is 6.42 Å². The Hall–Kier alpha value is -1.78. The van der Waals surface area contributed by atoms with Gasteiger partial charge in [-0.1, -0.05) is 11.6 Å². The summed E-state index contributed by atoms with van der Waals surface area (Å²) < 4.78 is 5.57. The Kier molecular flexibility index (Phi) is 3.30. The Morgan fingerprint density at radius 1 is 1.29 bits per heavy atom. The normalized spacial score (nSPS) is 15.0. The molecule has 0 radical (unpaired) electrons. The molecule has 1 aliphatic heterocycles. The second-order valence-electron chi connectivity index (χ2n) is 5.41. The first kappa shape index (κ1) is 14.2. The molecule has 2 N–H and O–H groups in total. The minimum Gasteiger partial charge on any atom is -0.466 e. The molecule has 110 valence electrons. The van der Waals surface area contributed by atoms with Gasteiger partial charge in [0.25, 0.3) is 0 Å². The van der Waals surface area contributed by atoms with Gasteiger partial charge in [-0.2, -0.15) is 0 Å². The molecule has 1 unspecified atom stereocenters. The zero-order chi connectivity index (χ0) is 15.3. The van der Waals surface area contributed by atoms with E-state index in [2.05, 4.69) is 5.32 Å². The molecule has 1 aromatic heterocycles. The maximum Gasteiger partial charge on any atom is 0.228 e. The van der Waals surface area contributed by atoms with Crippen molar-refractivity contribution in [2.75, 3.05) is 5.32 Å². The molecule has 0 bridgehead atoms. The third-order valence-electron chi connectivity index (χ3n) is 4.03. The number of fused-ring (bicyclic) bond motifs is 1. The summed E-state index contributed by atoms with van der Waals surface area (Å²) in [4.78, 5) is 11.4. The lowest BCUT2D eigenvalue weighted by Gasteiger charge is -2.15. The molecule has 1 aromatic carbocycles. The highest BCUT2D eigenvalue weighted by Crippen LogP contribution is 2.38. The molecular formula is C16H16ClNO3. The smallest absolute Gasteiger partial charge is 0.228 e. The quantitative estimate of drug-likeness (QED) is 0.893. The van der Waals surface area contributed by atoms with Crippen molar-refractivity contribution in [3.63, 3.8) is 0 Å². The largest absolute Gasteiger partial charge is 0.466 e. The van der Waals surface area contributed by atoms with Crippen LogP contribution in [0, 0.1) is 20.8 Å². The first-order valence-electron chi connectivity index (χ1n) is 6.75. The van der Waals surface area contributed by atoms with Gasteiger partial charge in [0.1, 0.15) is 17.6 Å². The van der Waals surface area contributed by atoms with Crippen LogP contribution in [0.3, 0.4) is 0 Å². The molecule has 5 heteroatoms. The molecule has 1 atom stereocenters. The number of furan rings is 1. The molecule has 0 saturated carbocycles. The van der Waals surface area contributed by atoms with E-state index in [4.69, 9.17) is 16.0 Å². The van der Waals surface area contributed by atoms with E-state index in [1.165, 1.54) is 0 Å². The van der Waals surface area contributed by atoms with Gasteiger partial charge < -0.3 is 14.8 Å². The molecule has 0 spiro atoms. The lowest BCUT2D eigenvalue weighted by atomic mass is 9.96. The van der Waals surface area contributed by atoms with E-state index in [0.29, 0.717) is 22.8 Å². The van der Waals surface area contributed by atoms with Crippen LogP contribution in [0.2, 0.25) is 5.02 Å². The number of carbonyl (C=O) groups excluding carboxylic acids is 1. The van der Waals surface area contributed by atoms with Crippen LogP contribution >= 0.6 is 11.6 Å². The summed E-state index contributed by atoms with van der Waals surface area (Å²) in [5, 5.41) is 13.9. The first-order valence-corrected chi connectivity index (χ1v) is 7.13. The number of aliphatic hydroxyl groups is 1. The fourth-order valence-electron chi connectivity index (χ4n) is 2.84. The second kappa shape index (κ2) is 4.90. The number of aryl methyl sites for hydroxylation is 2. The monoisotopic (exact) mass is 305 g/mol. The van der Waals surface area contributed by atoms with Crippen LogP contribution in [-0.2, 0) is 11.2 Å². The van der Waals surface area contributed by atoms with Crippen LogP contribution in [0.25, 0.3) is 0 Å². The van der Waals surface area contributed by atoms with Crippen molar-refractivity contribution in [1.82, 2.24) is 0 Å². The minimum atomic E-state index is -0.865. The number of hydrogen-bond donors (Lipinski definition) is 2. The Balaban J connectivity index is 2.08.